The maximum Gasteiger partial charge on any atom is 0.231 e. The first-order chi connectivity index (χ1) is 9.65. The molecule has 1 heterocycles. The largest absolute Gasteiger partial charge is 0.454 e. The third-order valence-electron chi connectivity index (χ3n) is 2.87. The van der Waals surface area contributed by atoms with Crippen molar-refractivity contribution in [2.75, 3.05) is 12.5 Å². The van der Waals surface area contributed by atoms with Crippen molar-refractivity contribution in [3.63, 3.8) is 0 Å². The molecule has 1 aliphatic heterocycles. The molecule has 0 saturated carbocycles. The fourth-order valence-corrected chi connectivity index (χ4v) is 3.49. The topological polar surface area (TPSA) is 44.5 Å². The van der Waals surface area contributed by atoms with Crippen LogP contribution in [-0.4, -0.2) is 6.79 Å². The lowest BCUT2D eigenvalue weighted by Gasteiger charge is -2.08. The van der Waals surface area contributed by atoms with Crippen LogP contribution >= 0.6 is 35.0 Å². The van der Waals surface area contributed by atoms with Crippen molar-refractivity contribution in [3.8, 4) is 11.5 Å². The molecule has 0 fully saturated rings. The van der Waals surface area contributed by atoms with Gasteiger partial charge in [0.25, 0.3) is 0 Å². The summed E-state index contributed by atoms with van der Waals surface area (Å²) < 4.78 is 10.6. The number of hydrogen-bond acceptors (Lipinski definition) is 4. The Hall–Kier alpha value is -1.23. The number of benzene rings is 2. The fraction of sp³-hybridized carbons (Fsp3) is 0.143. The molecule has 0 aromatic heterocycles. The first kappa shape index (κ1) is 13.7. The van der Waals surface area contributed by atoms with Crippen molar-refractivity contribution in [1.29, 1.82) is 0 Å². The second kappa shape index (κ2) is 5.64. The maximum absolute atomic E-state index is 6.15. The van der Waals surface area contributed by atoms with Crippen molar-refractivity contribution in [2.45, 2.75) is 10.6 Å². The minimum Gasteiger partial charge on any atom is -0.454 e. The molecular formula is C14H11Cl2NO2S. The molecule has 6 heteroatoms. The highest BCUT2D eigenvalue weighted by atomic mass is 35.5. The Morgan fingerprint density at radius 1 is 1.15 bits per heavy atom. The molecule has 2 aromatic rings. The summed E-state index contributed by atoms with van der Waals surface area (Å²) >= 11 is 13.9. The molecule has 0 atom stereocenters. The summed E-state index contributed by atoms with van der Waals surface area (Å²) in [6.07, 6.45) is 0. The Bertz CT molecular complexity index is 644. The van der Waals surface area contributed by atoms with Crippen LogP contribution in [-0.2, 0) is 5.75 Å². The molecule has 3 rings (SSSR count). The number of halogens is 2. The molecule has 0 spiro atoms. The lowest BCUT2D eigenvalue weighted by molar-refractivity contribution is 0.174. The number of nitrogen functional groups attached to an aromatic ring is 1. The Morgan fingerprint density at radius 3 is 2.80 bits per heavy atom. The van der Waals surface area contributed by atoms with Gasteiger partial charge in [0.05, 0.1) is 10.0 Å². The van der Waals surface area contributed by atoms with E-state index in [2.05, 4.69) is 0 Å². The molecular weight excluding hydrogens is 317 g/mol. The van der Waals surface area contributed by atoms with Crippen LogP contribution in [0.4, 0.5) is 5.69 Å². The summed E-state index contributed by atoms with van der Waals surface area (Å²) in [5.41, 5.74) is 7.64. The van der Waals surface area contributed by atoms with Crippen molar-refractivity contribution < 1.29 is 9.47 Å². The Kier molecular flexibility index (Phi) is 3.87. The molecule has 1 aliphatic rings. The van der Waals surface area contributed by atoms with Gasteiger partial charge < -0.3 is 15.2 Å². The van der Waals surface area contributed by atoms with E-state index in [0.29, 0.717) is 33.0 Å². The van der Waals surface area contributed by atoms with Gasteiger partial charge in [-0.15, -0.1) is 11.8 Å². The molecule has 104 valence electrons. The van der Waals surface area contributed by atoms with E-state index in [-0.39, 0.29) is 6.79 Å². The van der Waals surface area contributed by atoms with Gasteiger partial charge in [-0.3, -0.25) is 0 Å². The lowest BCUT2D eigenvalue weighted by atomic mass is 10.2. The first-order valence-electron chi connectivity index (χ1n) is 5.90. The van der Waals surface area contributed by atoms with Crippen LogP contribution in [0.2, 0.25) is 10.0 Å². The first-order valence-corrected chi connectivity index (χ1v) is 7.64. The van der Waals surface area contributed by atoms with Crippen LogP contribution in [0.3, 0.4) is 0 Å². The monoisotopic (exact) mass is 327 g/mol. The summed E-state index contributed by atoms with van der Waals surface area (Å²) in [5.74, 6) is 1.99. The van der Waals surface area contributed by atoms with Crippen LogP contribution in [0.5, 0.6) is 11.5 Å². The van der Waals surface area contributed by atoms with Gasteiger partial charge in [-0.1, -0.05) is 29.3 Å². The third-order valence-corrected chi connectivity index (χ3v) is 4.80. The van der Waals surface area contributed by atoms with E-state index in [1.54, 1.807) is 11.8 Å². The second-order valence-electron chi connectivity index (χ2n) is 4.26. The van der Waals surface area contributed by atoms with E-state index >= 15 is 0 Å². The third kappa shape index (κ3) is 2.64. The Balaban J connectivity index is 1.81. The molecule has 3 nitrogen and oxygen atoms in total. The molecule has 0 unspecified atom stereocenters. The van der Waals surface area contributed by atoms with E-state index in [4.69, 9.17) is 38.4 Å². The number of fused-ring (bicyclic) bond motifs is 1. The molecule has 0 amide bonds. The number of nitrogens with two attached hydrogens (primary N) is 1. The van der Waals surface area contributed by atoms with E-state index in [0.717, 1.165) is 10.5 Å². The van der Waals surface area contributed by atoms with Gasteiger partial charge in [0.1, 0.15) is 0 Å². The van der Waals surface area contributed by atoms with Crippen LogP contribution in [0.25, 0.3) is 0 Å². The van der Waals surface area contributed by atoms with Crippen LogP contribution < -0.4 is 15.2 Å². The molecule has 2 aromatic carbocycles. The minimum atomic E-state index is 0.211. The fourth-order valence-electron chi connectivity index (χ4n) is 1.94. The molecule has 20 heavy (non-hydrogen) atoms. The van der Waals surface area contributed by atoms with E-state index in [9.17, 15) is 0 Å². The molecule has 0 saturated heterocycles. The zero-order chi connectivity index (χ0) is 14.1. The van der Waals surface area contributed by atoms with Gasteiger partial charge in [-0.25, -0.2) is 0 Å². The standard InChI is InChI=1S/C14H11Cl2NO2S/c15-9-2-1-3-11(17)14(9)20-6-8-4-10(16)13-12(5-8)18-7-19-13/h1-5H,6-7,17H2. The van der Waals surface area contributed by atoms with Crippen molar-refractivity contribution in [2.24, 2.45) is 0 Å². The summed E-state index contributed by atoms with van der Waals surface area (Å²) in [7, 11) is 0. The van der Waals surface area contributed by atoms with Gasteiger partial charge in [0, 0.05) is 16.3 Å². The van der Waals surface area contributed by atoms with Crippen molar-refractivity contribution in [1.82, 2.24) is 0 Å². The van der Waals surface area contributed by atoms with Gasteiger partial charge >= 0.3 is 0 Å². The zero-order valence-corrected chi connectivity index (χ0v) is 12.7. The second-order valence-corrected chi connectivity index (χ2v) is 6.06. The molecule has 0 aliphatic carbocycles. The van der Waals surface area contributed by atoms with Gasteiger partial charge in [-0.2, -0.15) is 0 Å². The average molecular weight is 328 g/mol. The summed E-state index contributed by atoms with van der Waals surface area (Å²) in [6, 6.07) is 9.29. The summed E-state index contributed by atoms with van der Waals surface area (Å²) in [6.45, 7) is 0.211. The van der Waals surface area contributed by atoms with Gasteiger partial charge in [-0.05, 0) is 29.8 Å². The van der Waals surface area contributed by atoms with Crippen LogP contribution in [0, 0.1) is 0 Å². The number of thioether (sulfide) groups is 1. The van der Waals surface area contributed by atoms with Crippen LogP contribution in [0.1, 0.15) is 5.56 Å². The van der Waals surface area contributed by atoms with E-state index in [1.165, 1.54) is 0 Å². The lowest BCUT2D eigenvalue weighted by Crippen LogP contribution is -1.93. The van der Waals surface area contributed by atoms with E-state index < -0.39 is 0 Å². The van der Waals surface area contributed by atoms with Crippen molar-refractivity contribution in [3.05, 3.63) is 45.9 Å². The maximum atomic E-state index is 6.15. The smallest absolute Gasteiger partial charge is 0.231 e. The predicted octanol–water partition coefficient (Wildman–Crippen LogP) is 4.60. The number of ether oxygens (including phenoxy) is 2. The van der Waals surface area contributed by atoms with Crippen LogP contribution in [0.15, 0.2) is 35.2 Å². The number of rotatable bonds is 3. The SMILES string of the molecule is Nc1cccc(Cl)c1SCc1cc(Cl)c2c(c1)OCO2. The number of anilines is 1. The highest BCUT2D eigenvalue weighted by Crippen LogP contribution is 2.42. The quantitative estimate of drug-likeness (QED) is 0.661. The van der Waals surface area contributed by atoms with Gasteiger partial charge in [0.2, 0.25) is 6.79 Å². The van der Waals surface area contributed by atoms with E-state index in [1.807, 2.05) is 30.3 Å². The zero-order valence-electron chi connectivity index (χ0n) is 10.4. The highest BCUT2D eigenvalue weighted by Gasteiger charge is 2.18. The minimum absolute atomic E-state index is 0.211. The predicted molar refractivity (Wildman–Crippen MR) is 83.0 cm³/mol. The normalized spacial score (nSPS) is 12.7. The average Bonchev–Trinajstić information content (AvgIpc) is 2.87. The van der Waals surface area contributed by atoms with Gasteiger partial charge in [0.15, 0.2) is 11.5 Å². The summed E-state index contributed by atoms with van der Waals surface area (Å²) in [5, 5.41) is 1.21. The molecule has 0 radical (unpaired) electrons. The Labute approximate surface area is 131 Å². The molecule has 2 N–H and O–H groups in total. The molecule has 0 bridgehead atoms. The number of hydrogen-bond donors (Lipinski definition) is 1. The highest BCUT2D eigenvalue weighted by molar-refractivity contribution is 7.98. The Morgan fingerprint density at radius 2 is 2.00 bits per heavy atom. The summed E-state index contributed by atoms with van der Waals surface area (Å²) in [4.78, 5) is 0.878. The van der Waals surface area contributed by atoms with Crippen molar-refractivity contribution >= 4 is 40.7 Å².